The normalized spacial score (nSPS) is 28.5. The predicted molar refractivity (Wildman–Crippen MR) is 81.5 cm³/mol. The summed E-state index contributed by atoms with van der Waals surface area (Å²) in [6, 6.07) is 0. The van der Waals surface area contributed by atoms with Gasteiger partial charge in [0.2, 0.25) is 0 Å². The molecule has 2 unspecified atom stereocenters. The summed E-state index contributed by atoms with van der Waals surface area (Å²) < 4.78 is 0. The van der Waals surface area contributed by atoms with Crippen molar-refractivity contribution in [3.05, 3.63) is 0 Å². The van der Waals surface area contributed by atoms with E-state index in [9.17, 15) is 19.8 Å². The molecule has 2 aliphatic rings. The Hall–Kier alpha value is -0.138. The van der Waals surface area contributed by atoms with Gasteiger partial charge >= 0.3 is 27.3 Å². The van der Waals surface area contributed by atoms with Crippen molar-refractivity contribution in [1.82, 2.24) is 0 Å². The van der Waals surface area contributed by atoms with Crippen molar-refractivity contribution in [2.75, 3.05) is 0 Å². The fourth-order valence-corrected chi connectivity index (χ4v) is 3.86. The van der Waals surface area contributed by atoms with E-state index in [1.54, 1.807) is 0 Å². The SMILES string of the molecule is CC1(C)CCCCC1C(=O)[O-].CC1(C)CCCCC1C(=O)[O-].[Cd+2]. The largest absolute Gasteiger partial charge is 2.00 e. The third kappa shape index (κ3) is 6.71. The molecule has 4 nitrogen and oxygen atoms in total. The molecule has 2 aliphatic carbocycles. The first-order valence-corrected chi connectivity index (χ1v) is 8.49. The van der Waals surface area contributed by atoms with Gasteiger partial charge in [-0.05, 0) is 36.5 Å². The molecule has 0 bridgehead atoms. The van der Waals surface area contributed by atoms with E-state index in [4.69, 9.17) is 0 Å². The van der Waals surface area contributed by atoms with E-state index >= 15 is 0 Å². The minimum absolute atomic E-state index is 0. The topological polar surface area (TPSA) is 80.3 Å². The van der Waals surface area contributed by atoms with Crippen LogP contribution in [0.1, 0.15) is 79.1 Å². The number of carbonyl (C=O) groups is 2. The van der Waals surface area contributed by atoms with E-state index in [1.807, 2.05) is 27.7 Å². The van der Waals surface area contributed by atoms with Crippen LogP contribution in [0.5, 0.6) is 0 Å². The van der Waals surface area contributed by atoms with E-state index in [2.05, 4.69) is 0 Å². The monoisotopic (exact) mass is 424 g/mol. The van der Waals surface area contributed by atoms with Crippen LogP contribution in [-0.2, 0) is 36.9 Å². The summed E-state index contributed by atoms with van der Waals surface area (Å²) in [6.45, 7) is 8.08. The Balaban J connectivity index is 0.000000403. The Bertz CT molecular complexity index is 366. The first-order valence-electron chi connectivity index (χ1n) is 8.49. The molecule has 0 spiro atoms. The van der Waals surface area contributed by atoms with Crippen molar-refractivity contribution in [2.24, 2.45) is 22.7 Å². The Labute approximate surface area is 160 Å². The molecule has 0 amide bonds. The van der Waals surface area contributed by atoms with Crippen LogP contribution in [-0.4, -0.2) is 11.9 Å². The predicted octanol–water partition coefficient (Wildman–Crippen LogP) is 1.90. The smallest absolute Gasteiger partial charge is 0.550 e. The molecule has 2 rings (SSSR count). The van der Waals surface area contributed by atoms with Crippen LogP contribution in [0.4, 0.5) is 0 Å². The zero-order chi connectivity index (χ0) is 17.0. The second-order valence-electron chi connectivity index (χ2n) is 8.21. The number of carboxylic acids is 2. The Kier molecular flexibility index (Phi) is 9.32. The summed E-state index contributed by atoms with van der Waals surface area (Å²) in [5.74, 6) is -2.18. The summed E-state index contributed by atoms with van der Waals surface area (Å²) in [5, 5.41) is 21.3. The van der Waals surface area contributed by atoms with E-state index in [1.165, 1.54) is 0 Å². The Morgan fingerprint density at radius 2 is 1.04 bits per heavy atom. The van der Waals surface area contributed by atoms with Crippen molar-refractivity contribution < 1.29 is 47.1 Å². The fourth-order valence-electron chi connectivity index (χ4n) is 3.86. The van der Waals surface area contributed by atoms with E-state index in [0.29, 0.717) is 0 Å². The first-order chi connectivity index (χ1) is 10.1. The van der Waals surface area contributed by atoms with Gasteiger partial charge in [-0.1, -0.05) is 53.4 Å². The van der Waals surface area contributed by atoms with Crippen molar-refractivity contribution in [1.29, 1.82) is 0 Å². The molecule has 0 aromatic carbocycles. The van der Waals surface area contributed by atoms with Crippen LogP contribution in [0.3, 0.4) is 0 Å². The molecular weight excluding hydrogens is 393 g/mol. The van der Waals surface area contributed by atoms with Gasteiger partial charge in [0.1, 0.15) is 0 Å². The van der Waals surface area contributed by atoms with Crippen LogP contribution in [0, 0.1) is 22.7 Å². The summed E-state index contributed by atoms with van der Waals surface area (Å²) in [5.41, 5.74) is -0.0891. The number of rotatable bonds is 2. The molecule has 0 aliphatic heterocycles. The van der Waals surface area contributed by atoms with Gasteiger partial charge in [0.15, 0.2) is 0 Å². The van der Waals surface area contributed by atoms with Crippen LogP contribution >= 0.6 is 0 Å². The molecule has 0 aromatic heterocycles. The van der Waals surface area contributed by atoms with E-state index < -0.39 is 11.9 Å². The third-order valence-corrected chi connectivity index (χ3v) is 5.58. The number of aliphatic carboxylic acids is 2. The molecular formula is C18H30CdO4. The maximum absolute atomic E-state index is 10.7. The number of hydrogen-bond donors (Lipinski definition) is 0. The number of hydrogen-bond acceptors (Lipinski definition) is 4. The fraction of sp³-hybridized carbons (Fsp3) is 0.889. The molecule has 2 saturated carbocycles. The van der Waals surface area contributed by atoms with Gasteiger partial charge in [0.05, 0.1) is 0 Å². The molecule has 23 heavy (non-hydrogen) atoms. The molecule has 5 heteroatoms. The van der Waals surface area contributed by atoms with Gasteiger partial charge in [-0.2, -0.15) is 0 Å². The molecule has 0 N–H and O–H groups in total. The minimum atomic E-state index is -0.866. The third-order valence-electron chi connectivity index (χ3n) is 5.58. The summed E-state index contributed by atoms with van der Waals surface area (Å²) in [7, 11) is 0. The minimum Gasteiger partial charge on any atom is -0.550 e. The Morgan fingerprint density at radius 3 is 1.22 bits per heavy atom. The zero-order valence-electron chi connectivity index (χ0n) is 15.2. The van der Waals surface area contributed by atoms with Crippen molar-refractivity contribution >= 4 is 11.9 Å². The van der Waals surface area contributed by atoms with Crippen LogP contribution in [0.25, 0.3) is 0 Å². The maximum Gasteiger partial charge on any atom is 2.00 e. The summed E-state index contributed by atoms with van der Waals surface area (Å²) in [4.78, 5) is 21.3. The van der Waals surface area contributed by atoms with Gasteiger partial charge < -0.3 is 19.8 Å². The molecule has 128 valence electrons. The second-order valence-corrected chi connectivity index (χ2v) is 8.21. The zero-order valence-corrected chi connectivity index (χ0v) is 19.2. The molecule has 0 aromatic rings. The van der Waals surface area contributed by atoms with Crippen molar-refractivity contribution in [3.8, 4) is 0 Å². The van der Waals surface area contributed by atoms with Gasteiger partial charge in [0.25, 0.3) is 0 Å². The Morgan fingerprint density at radius 1 is 0.739 bits per heavy atom. The molecule has 0 heterocycles. The average molecular weight is 423 g/mol. The number of carboxylic acid groups (broad SMARTS) is 2. The first kappa shape index (κ1) is 22.9. The van der Waals surface area contributed by atoms with E-state index in [-0.39, 0.29) is 50.0 Å². The molecule has 2 fully saturated rings. The summed E-state index contributed by atoms with van der Waals surface area (Å²) >= 11 is 0. The summed E-state index contributed by atoms with van der Waals surface area (Å²) in [6.07, 6.45) is 8.06. The van der Waals surface area contributed by atoms with Gasteiger partial charge in [0, 0.05) is 23.8 Å². The molecule has 0 saturated heterocycles. The van der Waals surface area contributed by atoms with Gasteiger partial charge in [-0.3, -0.25) is 0 Å². The van der Waals surface area contributed by atoms with Gasteiger partial charge in [-0.25, -0.2) is 0 Å². The quantitative estimate of drug-likeness (QED) is 0.637. The van der Waals surface area contributed by atoms with Crippen LogP contribution in [0.15, 0.2) is 0 Å². The van der Waals surface area contributed by atoms with Crippen molar-refractivity contribution in [3.63, 3.8) is 0 Å². The van der Waals surface area contributed by atoms with Crippen molar-refractivity contribution in [2.45, 2.75) is 79.1 Å². The number of carbonyl (C=O) groups excluding carboxylic acids is 2. The standard InChI is InChI=1S/2C9H16O2.Cd/c2*1-9(2)6-4-3-5-7(9)8(10)11;/h2*7H,3-6H2,1-2H3,(H,10,11);/q;;+2/p-2. The average Bonchev–Trinajstić information content (AvgIpc) is 2.37. The maximum atomic E-state index is 10.7. The second kappa shape index (κ2) is 9.37. The van der Waals surface area contributed by atoms with Crippen LogP contribution in [0.2, 0.25) is 0 Å². The molecule has 2 atom stereocenters. The van der Waals surface area contributed by atoms with Gasteiger partial charge in [-0.15, -0.1) is 0 Å². The van der Waals surface area contributed by atoms with Crippen LogP contribution < -0.4 is 10.2 Å². The van der Waals surface area contributed by atoms with E-state index in [0.717, 1.165) is 51.4 Å². The molecule has 0 radical (unpaired) electrons.